The lowest BCUT2D eigenvalue weighted by Crippen LogP contribution is -2.28. The zero-order chi connectivity index (χ0) is 18.1. The minimum absolute atomic E-state index is 0.00244. The summed E-state index contributed by atoms with van der Waals surface area (Å²) in [5.74, 6) is -0.454. The number of aryl methyl sites for hydroxylation is 1. The van der Waals surface area contributed by atoms with E-state index in [-0.39, 0.29) is 24.2 Å². The van der Waals surface area contributed by atoms with Gasteiger partial charge in [0.1, 0.15) is 0 Å². The third kappa shape index (κ3) is 2.94. The van der Waals surface area contributed by atoms with Gasteiger partial charge in [0.25, 0.3) is 0 Å². The quantitative estimate of drug-likeness (QED) is 0.776. The zero-order valence-corrected chi connectivity index (χ0v) is 14.6. The van der Waals surface area contributed by atoms with Crippen molar-refractivity contribution in [1.29, 1.82) is 0 Å². The van der Waals surface area contributed by atoms with Crippen LogP contribution in [0.15, 0.2) is 66.7 Å². The Morgan fingerprint density at radius 3 is 2.58 bits per heavy atom. The van der Waals surface area contributed by atoms with Crippen molar-refractivity contribution in [2.45, 2.75) is 13.3 Å². The van der Waals surface area contributed by atoms with Crippen LogP contribution in [0.5, 0.6) is 0 Å². The molecule has 4 nitrogen and oxygen atoms in total. The Kier molecular flexibility index (Phi) is 4.17. The average molecular weight is 344 g/mol. The summed E-state index contributed by atoms with van der Waals surface area (Å²) in [6.07, 6.45) is 0.241. The number of benzene rings is 3. The lowest BCUT2D eigenvalue weighted by atomic mass is 10.1. The predicted molar refractivity (Wildman–Crippen MR) is 104 cm³/mol. The van der Waals surface area contributed by atoms with Gasteiger partial charge >= 0.3 is 0 Å². The SMILES string of the molecule is Cc1ccccc1N1C[C@H](C(=O)Nc2cccc3ccccc23)CC1=O. The van der Waals surface area contributed by atoms with Crippen molar-refractivity contribution in [3.8, 4) is 0 Å². The van der Waals surface area contributed by atoms with Crippen molar-refractivity contribution >= 4 is 34.0 Å². The van der Waals surface area contributed by atoms with Crippen LogP contribution in [0.4, 0.5) is 11.4 Å². The molecule has 0 aromatic heterocycles. The topological polar surface area (TPSA) is 49.4 Å². The van der Waals surface area contributed by atoms with E-state index in [1.165, 1.54) is 0 Å². The number of anilines is 2. The van der Waals surface area contributed by atoms with Gasteiger partial charge in [-0.3, -0.25) is 9.59 Å². The van der Waals surface area contributed by atoms with E-state index >= 15 is 0 Å². The second-order valence-corrected chi connectivity index (χ2v) is 6.71. The molecule has 3 aromatic rings. The molecule has 1 atom stereocenters. The first-order valence-corrected chi connectivity index (χ1v) is 8.78. The summed E-state index contributed by atoms with van der Waals surface area (Å²) < 4.78 is 0. The molecule has 4 rings (SSSR count). The van der Waals surface area contributed by atoms with E-state index in [4.69, 9.17) is 0 Å². The standard InChI is InChI=1S/C22H20N2O2/c1-15-7-2-5-12-20(15)24-14-17(13-21(24)25)22(26)23-19-11-6-9-16-8-3-4-10-18(16)19/h2-12,17H,13-14H2,1H3,(H,23,26)/t17-/m1/s1. The van der Waals surface area contributed by atoms with Gasteiger partial charge in [0.15, 0.2) is 0 Å². The number of carbonyl (C=O) groups is 2. The molecule has 0 saturated carbocycles. The maximum atomic E-state index is 12.8. The number of fused-ring (bicyclic) bond motifs is 1. The lowest BCUT2D eigenvalue weighted by Gasteiger charge is -2.19. The first kappa shape index (κ1) is 16.3. The molecule has 1 aliphatic rings. The van der Waals surface area contributed by atoms with Crippen LogP contribution in [0.2, 0.25) is 0 Å². The number of hydrogen-bond donors (Lipinski definition) is 1. The van der Waals surface area contributed by atoms with Gasteiger partial charge in [-0.25, -0.2) is 0 Å². The van der Waals surface area contributed by atoms with Gasteiger partial charge in [0, 0.05) is 29.7 Å². The molecule has 3 aromatic carbocycles. The molecule has 4 heteroatoms. The third-order valence-electron chi connectivity index (χ3n) is 4.95. The van der Waals surface area contributed by atoms with E-state index in [9.17, 15) is 9.59 Å². The summed E-state index contributed by atoms with van der Waals surface area (Å²) in [6.45, 7) is 2.40. The van der Waals surface area contributed by atoms with Gasteiger partial charge in [-0.05, 0) is 30.0 Å². The number of nitrogens with one attached hydrogen (secondary N) is 1. The molecule has 0 spiro atoms. The van der Waals surface area contributed by atoms with E-state index in [1.807, 2.05) is 73.7 Å². The summed E-state index contributed by atoms with van der Waals surface area (Å²) in [5, 5.41) is 5.10. The van der Waals surface area contributed by atoms with Crippen LogP contribution in [0.1, 0.15) is 12.0 Å². The Labute approximate surface area is 152 Å². The van der Waals surface area contributed by atoms with Gasteiger partial charge in [-0.1, -0.05) is 54.6 Å². The Morgan fingerprint density at radius 2 is 1.73 bits per heavy atom. The van der Waals surface area contributed by atoms with Gasteiger partial charge < -0.3 is 10.2 Å². The first-order valence-electron chi connectivity index (χ1n) is 8.78. The third-order valence-corrected chi connectivity index (χ3v) is 4.95. The van der Waals surface area contributed by atoms with E-state index in [0.717, 1.165) is 27.7 Å². The molecule has 0 aliphatic carbocycles. The van der Waals surface area contributed by atoms with Crippen molar-refractivity contribution in [1.82, 2.24) is 0 Å². The number of amides is 2. The van der Waals surface area contributed by atoms with Crippen LogP contribution in [0, 0.1) is 12.8 Å². The summed E-state index contributed by atoms with van der Waals surface area (Å²) in [4.78, 5) is 27.0. The minimum atomic E-state index is -0.346. The number of hydrogen-bond acceptors (Lipinski definition) is 2. The highest BCUT2D eigenvalue weighted by Gasteiger charge is 2.35. The molecule has 1 N–H and O–H groups in total. The fourth-order valence-electron chi connectivity index (χ4n) is 3.55. The molecule has 0 radical (unpaired) electrons. The van der Waals surface area contributed by atoms with Gasteiger partial charge in [0.2, 0.25) is 11.8 Å². The summed E-state index contributed by atoms with van der Waals surface area (Å²) in [7, 11) is 0. The highest BCUT2D eigenvalue weighted by Crippen LogP contribution is 2.29. The Bertz CT molecular complexity index is 991. The van der Waals surface area contributed by atoms with Crippen LogP contribution in [-0.4, -0.2) is 18.4 Å². The molecule has 130 valence electrons. The Morgan fingerprint density at radius 1 is 1.00 bits per heavy atom. The van der Waals surface area contributed by atoms with Crippen LogP contribution in [0.3, 0.4) is 0 Å². The van der Waals surface area contributed by atoms with Crippen molar-refractivity contribution in [2.24, 2.45) is 5.92 Å². The largest absolute Gasteiger partial charge is 0.325 e. The summed E-state index contributed by atoms with van der Waals surface area (Å²) in [6, 6.07) is 21.6. The average Bonchev–Trinajstić information content (AvgIpc) is 3.04. The number of nitrogens with zero attached hydrogens (tertiary/aromatic N) is 1. The minimum Gasteiger partial charge on any atom is -0.325 e. The fourth-order valence-corrected chi connectivity index (χ4v) is 3.55. The summed E-state index contributed by atoms with van der Waals surface area (Å²) >= 11 is 0. The smallest absolute Gasteiger partial charge is 0.229 e. The Hall–Kier alpha value is -3.14. The normalized spacial score (nSPS) is 16.9. The van der Waals surface area contributed by atoms with Gasteiger partial charge in [-0.2, -0.15) is 0 Å². The number of carbonyl (C=O) groups excluding carboxylic acids is 2. The van der Waals surface area contributed by atoms with Crippen molar-refractivity contribution < 1.29 is 9.59 Å². The molecular formula is C22H20N2O2. The molecule has 0 unspecified atom stereocenters. The van der Waals surface area contributed by atoms with Crippen molar-refractivity contribution in [3.05, 3.63) is 72.3 Å². The maximum Gasteiger partial charge on any atom is 0.229 e. The zero-order valence-electron chi connectivity index (χ0n) is 14.6. The Balaban J connectivity index is 1.54. The molecule has 1 saturated heterocycles. The number of rotatable bonds is 3. The van der Waals surface area contributed by atoms with E-state index in [2.05, 4.69) is 5.32 Å². The molecule has 1 fully saturated rings. The van der Waals surface area contributed by atoms with E-state index in [0.29, 0.717) is 6.54 Å². The molecule has 26 heavy (non-hydrogen) atoms. The predicted octanol–water partition coefficient (Wildman–Crippen LogP) is 4.14. The highest BCUT2D eigenvalue weighted by molar-refractivity contribution is 6.07. The second-order valence-electron chi connectivity index (χ2n) is 6.71. The van der Waals surface area contributed by atoms with Crippen LogP contribution in [0.25, 0.3) is 10.8 Å². The van der Waals surface area contributed by atoms with Crippen LogP contribution in [-0.2, 0) is 9.59 Å². The van der Waals surface area contributed by atoms with Gasteiger partial charge in [-0.15, -0.1) is 0 Å². The lowest BCUT2D eigenvalue weighted by molar-refractivity contribution is -0.122. The van der Waals surface area contributed by atoms with E-state index < -0.39 is 0 Å². The highest BCUT2D eigenvalue weighted by atomic mass is 16.2. The van der Waals surface area contributed by atoms with Crippen molar-refractivity contribution in [3.63, 3.8) is 0 Å². The van der Waals surface area contributed by atoms with Crippen LogP contribution < -0.4 is 10.2 Å². The molecule has 1 aliphatic heterocycles. The first-order chi connectivity index (χ1) is 12.6. The summed E-state index contributed by atoms with van der Waals surface area (Å²) in [5.41, 5.74) is 2.71. The second kappa shape index (κ2) is 6.64. The molecule has 2 amide bonds. The monoisotopic (exact) mass is 344 g/mol. The van der Waals surface area contributed by atoms with Crippen LogP contribution >= 0.6 is 0 Å². The fraction of sp³-hybridized carbons (Fsp3) is 0.182. The molecular weight excluding hydrogens is 324 g/mol. The molecule has 0 bridgehead atoms. The number of para-hydroxylation sites is 1. The van der Waals surface area contributed by atoms with Crippen molar-refractivity contribution in [2.75, 3.05) is 16.8 Å². The maximum absolute atomic E-state index is 12.8. The molecule has 1 heterocycles. The van der Waals surface area contributed by atoms with E-state index in [1.54, 1.807) is 4.90 Å². The van der Waals surface area contributed by atoms with Gasteiger partial charge in [0.05, 0.1) is 5.92 Å².